The van der Waals surface area contributed by atoms with Crippen molar-refractivity contribution in [2.75, 3.05) is 27.9 Å². The van der Waals surface area contributed by atoms with Gasteiger partial charge in [0, 0.05) is 13.1 Å². The molecule has 2 aromatic carbocycles. The van der Waals surface area contributed by atoms with Crippen molar-refractivity contribution in [1.29, 1.82) is 0 Å². The Labute approximate surface area is 184 Å². The molecule has 0 radical (unpaired) electrons. The summed E-state index contributed by atoms with van der Waals surface area (Å²) in [6, 6.07) is 12.2. The Morgan fingerprint density at radius 3 is 2.16 bits per heavy atom. The normalized spacial score (nSPS) is 11.4. The first-order valence-electron chi connectivity index (χ1n) is 10.3. The molecule has 31 heavy (non-hydrogen) atoms. The van der Waals surface area contributed by atoms with Crippen LogP contribution in [0.4, 0.5) is 0 Å². The van der Waals surface area contributed by atoms with Crippen LogP contribution >= 0.6 is 0 Å². The minimum Gasteiger partial charge on any atom is -0.497 e. The molecule has 0 heterocycles. The third-order valence-electron chi connectivity index (χ3n) is 5.03. The Morgan fingerprint density at radius 2 is 1.58 bits per heavy atom. The molecular weight excluding hydrogens is 396 g/mol. The van der Waals surface area contributed by atoms with Crippen LogP contribution in [0.3, 0.4) is 0 Å². The highest BCUT2D eigenvalue weighted by molar-refractivity contribution is 5.88. The number of benzene rings is 2. The number of methoxy groups -OCH3 is 3. The summed E-state index contributed by atoms with van der Waals surface area (Å²) in [5.41, 5.74) is 1.69. The molecule has 0 saturated heterocycles. The minimum absolute atomic E-state index is 0.141. The Morgan fingerprint density at radius 1 is 0.935 bits per heavy atom. The van der Waals surface area contributed by atoms with E-state index in [-0.39, 0.29) is 18.2 Å². The highest BCUT2D eigenvalue weighted by atomic mass is 16.5. The fraction of sp³-hybridized carbons (Fsp3) is 0.417. The van der Waals surface area contributed by atoms with Crippen LogP contribution in [0.1, 0.15) is 31.4 Å². The van der Waals surface area contributed by atoms with Gasteiger partial charge in [-0.1, -0.05) is 25.1 Å². The average Bonchev–Trinajstić information content (AvgIpc) is 2.80. The van der Waals surface area contributed by atoms with E-state index >= 15 is 0 Å². The van der Waals surface area contributed by atoms with Crippen molar-refractivity contribution in [3.63, 3.8) is 0 Å². The number of amides is 2. The molecule has 1 atom stereocenters. The Bertz CT molecular complexity index is 867. The number of hydrogen-bond donors (Lipinski definition) is 1. The fourth-order valence-electron chi connectivity index (χ4n) is 3.17. The maximum Gasteiger partial charge on any atom is 0.242 e. The highest BCUT2D eigenvalue weighted by Crippen LogP contribution is 2.28. The van der Waals surface area contributed by atoms with Crippen LogP contribution in [0.15, 0.2) is 42.5 Å². The largest absolute Gasteiger partial charge is 0.497 e. The summed E-state index contributed by atoms with van der Waals surface area (Å²) >= 11 is 0. The van der Waals surface area contributed by atoms with Crippen molar-refractivity contribution in [2.45, 2.75) is 39.3 Å². The molecule has 0 spiro atoms. The molecule has 0 aromatic heterocycles. The van der Waals surface area contributed by atoms with E-state index in [0.717, 1.165) is 23.3 Å². The number of carbonyl (C=O) groups excluding carboxylic acids is 2. The van der Waals surface area contributed by atoms with Gasteiger partial charge in [-0.05, 0) is 48.7 Å². The quantitative estimate of drug-likeness (QED) is 0.595. The highest BCUT2D eigenvalue weighted by Gasteiger charge is 2.26. The summed E-state index contributed by atoms with van der Waals surface area (Å²) in [5, 5.41) is 2.88. The summed E-state index contributed by atoms with van der Waals surface area (Å²) in [5.74, 6) is 1.57. The van der Waals surface area contributed by atoms with Crippen molar-refractivity contribution in [3.05, 3.63) is 53.6 Å². The predicted octanol–water partition coefficient (Wildman–Crippen LogP) is 3.20. The van der Waals surface area contributed by atoms with Gasteiger partial charge in [0.05, 0.1) is 27.8 Å². The minimum atomic E-state index is -0.610. The van der Waals surface area contributed by atoms with E-state index in [4.69, 9.17) is 14.2 Å². The molecule has 0 aliphatic heterocycles. The summed E-state index contributed by atoms with van der Waals surface area (Å²) in [7, 11) is 4.73. The third kappa shape index (κ3) is 6.64. The molecular formula is C24H32N2O5. The van der Waals surface area contributed by atoms with Gasteiger partial charge < -0.3 is 24.4 Å². The second kappa shape index (κ2) is 11.8. The van der Waals surface area contributed by atoms with E-state index < -0.39 is 6.04 Å². The summed E-state index contributed by atoms with van der Waals surface area (Å²) in [4.78, 5) is 27.5. The smallest absolute Gasteiger partial charge is 0.242 e. The average molecular weight is 429 g/mol. The van der Waals surface area contributed by atoms with Crippen molar-refractivity contribution in [3.8, 4) is 17.2 Å². The molecule has 0 aliphatic carbocycles. The van der Waals surface area contributed by atoms with E-state index in [2.05, 4.69) is 5.32 Å². The van der Waals surface area contributed by atoms with Gasteiger partial charge in [-0.3, -0.25) is 9.59 Å². The molecule has 2 amide bonds. The van der Waals surface area contributed by atoms with Crippen LogP contribution in [0, 0.1) is 0 Å². The van der Waals surface area contributed by atoms with Crippen LogP contribution in [-0.2, 0) is 22.6 Å². The van der Waals surface area contributed by atoms with Crippen molar-refractivity contribution in [1.82, 2.24) is 10.2 Å². The summed E-state index contributed by atoms with van der Waals surface area (Å²) in [6.45, 7) is 4.63. The third-order valence-corrected chi connectivity index (χ3v) is 5.03. The fourth-order valence-corrected chi connectivity index (χ4v) is 3.17. The molecule has 1 N–H and O–H groups in total. The number of nitrogens with one attached hydrogen (secondary N) is 1. The number of rotatable bonds is 11. The number of hydrogen-bond acceptors (Lipinski definition) is 5. The zero-order chi connectivity index (χ0) is 22.8. The van der Waals surface area contributed by atoms with Gasteiger partial charge in [-0.15, -0.1) is 0 Å². The van der Waals surface area contributed by atoms with E-state index in [0.29, 0.717) is 24.6 Å². The molecule has 0 saturated carbocycles. The van der Waals surface area contributed by atoms with Gasteiger partial charge in [0.1, 0.15) is 11.8 Å². The maximum absolute atomic E-state index is 13.3. The van der Waals surface area contributed by atoms with E-state index in [9.17, 15) is 9.59 Å². The van der Waals surface area contributed by atoms with E-state index in [1.807, 2.05) is 37.3 Å². The van der Waals surface area contributed by atoms with Crippen LogP contribution in [0.25, 0.3) is 0 Å². The monoisotopic (exact) mass is 428 g/mol. The lowest BCUT2D eigenvalue weighted by molar-refractivity contribution is -0.140. The molecule has 0 unspecified atom stereocenters. The van der Waals surface area contributed by atoms with Crippen LogP contribution in [0.2, 0.25) is 0 Å². The van der Waals surface area contributed by atoms with Crippen molar-refractivity contribution >= 4 is 11.8 Å². The zero-order valence-electron chi connectivity index (χ0n) is 18.9. The van der Waals surface area contributed by atoms with Gasteiger partial charge in [0.15, 0.2) is 11.5 Å². The van der Waals surface area contributed by atoms with Gasteiger partial charge in [0.25, 0.3) is 0 Å². The molecule has 7 nitrogen and oxygen atoms in total. The number of ether oxygens (including phenoxy) is 3. The maximum atomic E-state index is 13.3. The summed E-state index contributed by atoms with van der Waals surface area (Å²) < 4.78 is 15.8. The molecule has 168 valence electrons. The van der Waals surface area contributed by atoms with Crippen molar-refractivity contribution < 1.29 is 23.8 Å². The predicted molar refractivity (Wildman–Crippen MR) is 120 cm³/mol. The first-order valence-corrected chi connectivity index (χ1v) is 10.3. The van der Waals surface area contributed by atoms with Gasteiger partial charge in [-0.2, -0.15) is 0 Å². The molecule has 0 fully saturated rings. The summed E-state index contributed by atoms with van der Waals surface area (Å²) in [6.07, 6.45) is 0.971. The SMILES string of the molecule is CCCNC(=O)[C@@H](C)N(Cc1ccc(OC)cc1)C(=O)Cc1ccc(OC)c(OC)c1. The van der Waals surface area contributed by atoms with Crippen LogP contribution < -0.4 is 19.5 Å². The Balaban J connectivity index is 2.24. The number of carbonyl (C=O) groups is 2. The van der Waals surface area contributed by atoms with Crippen molar-refractivity contribution in [2.24, 2.45) is 0 Å². The van der Waals surface area contributed by atoms with Gasteiger partial charge >= 0.3 is 0 Å². The van der Waals surface area contributed by atoms with Gasteiger partial charge in [0.2, 0.25) is 11.8 Å². The molecule has 2 rings (SSSR count). The molecule has 0 aliphatic rings. The lowest BCUT2D eigenvalue weighted by Gasteiger charge is -2.29. The first-order chi connectivity index (χ1) is 14.9. The Kier molecular flexibility index (Phi) is 9.18. The standard InChI is InChI=1S/C24H32N2O5/c1-6-13-25-24(28)17(2)26(16-18-7-10-20(29-3)11-8-18)23(27)15-19-9-12-21(30-4)22(14-19)31-5/h7-12,14,17H,6,13,15-16H2,1-5H3,(H,25,28)/t17-/m1/s1. The van der Waals surface area contributed by atoms with Crippen LogP contribution in [0.5, 0.6) is 17.2 Å². The van der Waals surface area contributed by atoms with E-state index in [1.165, 1.54) is 0 Å². The lowest BCUT2D eigenvalue weighted by Crippen LogP contribution is -2.48. The zero-order valence-corrected chi connectivity index (χ0v) is 18.9. The topological polar surface area (TPSA) is 77.1 Å². The Hall–Kier alpha value is -3.22. The molecule has 0 bridgehead atoms. The first kappa shape index (κ1) is 24.1. The van der Waals surface area contributed by atoms with E-state index in [1.54, 1.807) is 45.3 Å². The number of nitrogens with zero attached hydrogens (tertiary/aromatic N) is 1. The van der Waals surface area contributed by atoms with Crippen LogP contribution in [-0.4, -0.2) is 50.6 Å². The molecule has 2 aromatic rings. The lowest BCUT2D eigenvalue weighted by atomic mass is 10.1. The van der Waals surface area contributed by atoms with Gasteiger partial charge in [-0.25, -0.2) is 0 Å². The molecule has 7 heteroatoms. The second-order valence-corrected chi connectivity index (χ2v) is 7.20. The second-order valence-electron chi connectivity index (χ2n) is 7.20.